The summed E-state index contributed by atoms with van der Waals surface area (Å²) in [5, 5.41) is 5.35. The molecule has 0 aliphatic heterocycles. The molecule has 3 rings (SSSR count). The maximum absolute atomic E-state index is 12.4. The van der Waals surface area contributed by atoms with Crippen molar-refractivity contribution in [3.05, 3.63) is 62.6 Å². The molecule has 0 saturated heterocycles. The van der Waals surface area contributed by atoms with Crippen LogP contribution in [0.15, 0.2) is 51.0 Å². The second-order valence-electron chi connectivity index (χ2n) is 4.83. The molecular formula is C17H15NO4S. The highest BCUT2D eigenvalue weighted by atomic mass is 32.1. The minimum Gasteiger partial charge on any atom is -0.494 e. The zero-order chi connectivity index (χ0) is 16.2. The van der Waals surface area contributed by atoms with Gasteiger partial charge < -0.3 is 14.5 Å². The third kappa shape index (κ3) is 3.43. The Balaban J connectivity index is 1.92. The van der Waals surface area contributed by atoms with Gasteiger partial charge in [0, 0.05) is 22.4 Å². The van der Waals surface area contributed by atoms with E-state index in [0.717, 1.165) is 4.88 Å². The Morgan fingerprint density at radius 3 is 2.91 bits per heavy atom. The summed E-state index contributed by atoms with van der Waals surface area (Å²) in [6.45, 7) is 2.81. The van der Waals surface area contributed by atoms with Gasteiger partial charge >= 0.3 is 5.63 Å². The number of ether oxygens (including phenoxy) is 1. The molecule has 0 radical (unpaired) electrons. The van der Waals surface area contributed by atoms with Gasteiger partial charge in [-0.1, -0.05) is 6.07 Å². The average molecular weight is 329 g/mol. The fourth-order valence-corrected chi connectivity index (χ4v) is 2.91. The largest absolute Gasteiger partial charge is 0.494 e. The molecular weight excluding hydrogens is 314 g/mol. The van der Waals surface area contributed by atoms with Gasteiger partial charge in [-0.05, 0) is 30.5 Å². The molecule has 23 heavy (non-hydrogen) atoms. The Morgan fingerprint density at radius 1 is 1.30 bits per heavy atom. The molecule has 5 nitrogen and oxygen atoms in total. The van der Waals surface area contributed by atoms with Crippen molar-refractivity contribution in [1.82, 2.24) is 5.32 Å². The van der Waals surface area contributed by atoms with Crippen LogP contribution in [0.2, 0.25) is 0 Å². The molecule has 0 atom stereocenters. The molecule has 0 aliphatic carbocycles. The van der Waals surface area contributed by atoms with Gasteiger partial charge in [0.25, 0.3) is 5.91 Å². The zero-order valence-corrected chi connectivity index (χ0v) is 13.3. The third-order valence-electron chi connectivity index (χ3n) is 3.27. The van der Waals surface area contributed by atoms with Crippen molar-refractivity contribution in [2.24, 2.45) is 0 Å². The summed E-state index contributed by atoms with van der Waals surface area (Å²) >= 11 is 1.56. The highest BCUT2D eigenvalue weighted by Crippen LogP contribution is 2.23. The molecule has 0 bridgehead atoms. The highest BCUT2D eigenvalue weighted by Gasteiger charge is 2.14. The van der Waals surface area contributed by atoms with Crippen molar-refractivity contribution in [3.8, 4) is 5.75 Å². The first-order valence-electron chi connectivity index (χ1n) is 7.18. The topological polar surface area (TPSA) is 68.5 Å². The number of nitrogens with one attached hydrogen (secondary N) is 1. The van der Waals surface area contributed by atoms with E-state index in [0.29, 0.717) is 35.4 Å². The van der Waals surface area contributed by atoms with E-state index in [-0.39, 0.29) is 5.91 Å². The zero-order valence-electron chi connectivity index (χ0n) is 12.5. The fourth-order valence-electron chi connectivity index (χ4n) is 2.26. The first-order chi connectivity index (χ1) is 11.2. The van der Waals surface area contributed by atoms with Crippen molar-refractivity contribution >= 4 is 28.2 Å². The molecule has 0 unspecified atom stereocenters. The first-order valence-corrected chi connectivity index (χ1v) is 8.06. The summed E-state index contributed by atoms with van der Waals surface area (Å²) in [6.07, 6.45) is 0. The average Bonchev–Trinajstić information content (AvgIpc) is 3.05. The number of rotatable bonds is 5. The van der Waals surface area contributed by atoms with Crippen LogP contribution in [-0.4, -0.2) is 12.5 Å². The summed E-state index contributed by atoms with van der Waals surface area (Å²) < 4.78 is 10.6. The van der Waals surface area contributed by atoms with E-state index in [9.17, 15) is 9.59 Å². The molecule has 118 valence electrons. The summed E-state index contributed by atoms with van der Waals surface area (Å²) in [5.41, 5.74) is 0.0769. The Morgan fingerprint density at radius 2 is 2.17 bits per heavy atom. The van der Waals surface area contributed by atoms with Gasteiger partial charge in [0.05, 0.1) is 18.7 Å². The lowest BCUT2D eigenvalue weighted by molar-refractivity contribution is 0.0952. The molecule has 6 heteroatoms. The monoisotopic (exact) mass is 329 g/mol. The Labute approximate surface area is 136 Å². The van der Waals surface area contributed by atoms with Crippen molar-refractivity contribution in [2.45, 2.75) is 13.5 Å². The maximum Gasteiger partial charge on any atom is 0.337 e. The van der Waals surface area contributed by atoms with E-state index in [2.05, 4.69) is 5.32 Å². The van der Waals surface area contributed by atoms with Crippen molar-refractivity contribution in [3.63, 3.8) is 0 Å². The molecule has 2 aromatic heterocycles. The fraction of sp³-hybridized carbons (Fsp3) is 0.176. The van der Waals surface area contributed by atoms with Gasteiger partial charge in [0.2, 0.25) is 0 Å². The van der Waals surface area contributed by atoms with Crippen LogP contribution in [0.3, 0.4) is 0 Å². The minimum absolute atomic E-state index is 0.302. The lowest BCUT2D eigenvalue weighted by Gasteiger charge is -2.08. The SMILES string of the molecule is CCOc1ccc2c(C(=O)NCc3cccs3)cc(=O)oc2c1. The molecule has 3 aromatic rings. The number of fused-ring (bicyclic) bond motifs is 1. The molecule has 1 amide bonds. The molecule has 0 aliphatic rings. The van der Waals surface area contributed by atoms with Crippen LogP contribution in [0.25, 0.3) is 11.0 Å². The van der Waals surface area contributed by atoms with Gasteiger partial charge in [-0.3, -0.25) is 4.79 Å². The summed E-state index contributed by atoms with van der Waals surface area (Å²) in [7, 11) is 0. The normalized spacial score (nSPS) is 10.7. The number of hydrogen-bond donors (Lipinski definition) is 1. The van der Waals surface area contributed by atoms with Crippen molar-refractivity contribution < 1.29 is 13.9 Å². The smallest absolute Gasteiger partial charge is 0.337 e. The number of thiophene rings is 1. The first kappa shape index (κ1) is 15.3. The third-order valence-corrected chi connectivity index (χ3v) is 4.15. The second-order valence-corrected chi connectivity index (χ2v) is 5.86. The Kier molecular flexibility index (Phi) is 4.43. The number of carbonyl (C=O) groups is 1. The molecule has 1 aromatic carbocycles. The van der Waals surface area contributed by atoms with Crippen LogP contribution in [0.1, 0.15) is 22.2 Å². The van der Waals surface area contributed by atoms with Crippen LogP contribution >= 0.6 is 11.3 Å². The molecule has 0 fully saturated rings. The van der Waals surface area contributed by atoms with E-state index in [1.807, 2.05) is 24.4 Å². The van der Waals surface area contributed by atoms with Crippen molar-refractivity contribution in [2.75, 3.05) is 6.61 Å². The lowest BCUT2D eigenvalue weighted by atomic mass is 10.1. The lowest BCUT2D eigenvalue weighted by Crippen LogP contribution is -2.23. The van der Waals surface area contributed by atoms with Crippen LogP contribution < -0.4 is 15.7 Å². The standard InChI is InChI=1S/C17H15NO4S/c1-2-21-11-5-6-13-14(9-16(19)22-15(13)8-11)17(20)18-10-12-4-3-7-23-12/h3-9H,2,10H2,1H3,(H,18,20). The molecule has 1 N–H and O–H groups in total. The Hall–Kier alpha value is -2.60. The van der Waals surface area contributed by atoms with Crippen LogP contribution in [0.4, 0.5) is 0 Å². The summed E-state index contributed by atoms with van der Waals surface area (Å²) in [6, 6.07) is 10.2. The van der Waals surface area contributed by atoms with Crippen LogP contribution in [0.5, 0.6) is 5.75 Å². The predicted molar refractivity (Wildman–Crippen MR) is 89.1 cm³/mol. The predicted octanol–water partition coefficient (Wildman–Crippen LogP) is 3.18. The van der Waals surface area contributed by atoms with Gasteiger partial charge in [-0.2, -0.15) is 0 Å². The number of hydrogen-bond acceptors (Lipinski definition) is 5. The number of amides is 1. The molecule has 0 saturated carbocycles. The van der Waals surface area contributed by atoms with Gasteiger partial charge in [0.1, 0.15) is 11.3 Å². The number of carbonyl (C=O) groups excluding carboxylic acids is 1. The van der Waals surface area contributed by atoms with E-state index < -0.39 is 5.63 Å². The second kappa shape index (κ2) is 6.66. The summed E-state index contributed by atoms with van der Waals surface area (Å²) in [4.78, 5) is 25.2. The highest BCUT2D eigenvalue weighted by molar-refractivity contribution is 7.09. The van der Waals surface area contributed by atoms with Crippen LogP contribution in [-0.2, 0) is 6.54 Å². The van der Waals surface area contributed by atoms with Gasteiger partial charge in [-0.25, -0.2) is 4.79 Å². The summed E-state index contributed by atoms with van der Waals surface area (Å²) in [5.74, 6) is 0.291. The van der Waals surface area contributed by atoms with E-state index in [1.165, 1.54) is 6.07 Å². The minimum atomic E-state index is -0.563. The van der Waals surface area contributed by atoms with Crippen molar-refractivity contribution in [1.29, 1.82) is 0 Å². The van der Waals surface area contributed by atoms with E-state index in [4.69, 9.17) is 9.15 Å². The van der Waals surface area contributed by atoms with E-state index in [1.54, 1.807) is 29.5 Å². The molecule has 0 spiro atoms. The van der Waals surface area contributed by atoms with E-state index >= 15 is 0 Å². The Bertz CT molecular complexity index is 883. The molecule has 2 heterocycles. The maximum atomic E-state index is 12.4. The van der Waals surface area contributed by atoms with Gasteiger partial charge in [0.15, 0.2) is 0 Å². The van der Waals surface area contributed by atoms with Crippen LogP contribution in [0, 0.1) is 0 Å². The van der Waals surface area contributed by atoms with Gasteiger partial charge in [-0.15, -0.1) is 11.3 Å². The number of benzene rings is 1. The quantitative estimate of drug-likeness (QED) is 0.730.